The van der Waals surface area contributed by atoms with Gasteiger partial charge in [0.25, 0.3) is 0 Å². The Bertz CT molecular complexity index is 920. The van der Waals surface area contributed by atoms with Crippen molar-refractivity contribution in [2.75, 3.05) is 27.4 Å². The zero-order valence-corrected chi connectivity index (χ0v) is 26.6. The quantitative estimate of drug-likeness (QED) is 0.178. The molecule has 1 aromatic carbocycles. The van der Waals surface area contributed by atoms with Gasteiger partial charge in [-0.2, -0.15) is 0 Å². The molecule has 0 saturated heterocycles. The van der Waals surface area contributed by atoms with Crippen molar-refractivity contribution in [3.05, 3.63) is 23.8 Å². The molecule has 0 aliphatic heterocycles. The number of rotatable bonds is 17. The van der Waals surface area contributed by atoms with Crippen LogP contribution >= 0.6 is 0 Å². The van der Waals surface area contributed by atoms with E-state index in [4.69, 9.17) is 18.9 Å². The van der Waals surface area contributed by atoms with Gasteiger partial charge >= 0.3 is 25.0 Å². The van der Waals surface area contributed by atoms with Crippen LogP contribution in [-0.4, -0.2) is 67.5 Å². The van der Waals surface area contributed by atoms with E-state index in [1.165, 1.54) is 7.11 Å². The molecule has 1 rings (SSSR count). The standard InChI is InChI=1S/C30H51NO9.Li/c1-18(2)21(27(33)20-11-12-25(38-9)26(15-20)39-14-10-13-37-8)16-23(31-29(36)40-30(5,6)7)24(32)17-22(19(3)4)28(34)35;/h11-12,15,18-19,21-24,27,32-33H,10,13-14,16-17H2,1-9H3,(H,31,36)(H,34,35);/q;+1/p-1/t21-,22-,23-,24-,27?;/m0./s1. The zero-order chi connectivity index (χ0) is 30.6. The molecule has 0 aliphatic carbocycles. The van der Waals surface area contributed by atoms with E-state index in [1.807, 2.05) is 13.8 Å². The maximum absolute atomic E-state index is 12.7. The van der Waals surface area contributed by atoms with E-state index in [9.17, 15) is 24.9 Å². The predicted molar refractivity (Wildman–Crippen MR) is 150 cm³/mol. The van der Waals surface area contributed by atoms with E-state index in [0.717, 1.165) is 0 Å². The van der Waals surface area contributed by atoms with Gasteiger partial charge in [0.05, 0.1) is 32.0 Å². The van der Waals surface area contributed by atoms with Gasteiger partial charge in [-0.05, 0) is 69.1 Å². The number of aliphatic hydroxyl groups is 2. The Morgan fingerprint density at radius 1 is 0.976 bits per heavy atom. The third-order valence-corrected chi connectivity index (χ3v) is 6.84. The third kappa shape index (κ3) is 13.7. The second-order valence-corrected chi connectivity index (χ2v) is 11.9. The normalized spacial score (nSPS) is 15.3. The van der Waals surface area contributed by atoms with Crippen LogP contribution in [-0.2, 0) is 14.3 Å². The first-order valence-corrected chi connectivity index (χ1v) is 14.0. The van der Waals surface area contributed by atoms with Gasteiger partial charge in [0.2, 0.25) is 0 Å². The van der Waals surface area contributed by atoms with Gasteiger partial charge in [-0.25, -0.2) is 4.79 Å². The first kappa shape index (κ1) is 39.0. The summed E-state index contributed by atoms with van der Waals surface area (Å²) in [7, 11) is 3.16. The average molecular weight is 576 g/mol. The number of alkyl carbamates (subject to hydrolysis) is 1. The van der Waals surface area contributed by atoms with Crippen molar-refractivity contribution in [3.63, 3.8) is 0 Å². The van der Waals surface area contributed by atoms with Gasteiger partial charge in [-0.1, -0.05) is 33.8 Å². The Labute approximate surface area is 257 Å². The molecule has 0 saturated carbocycles. The van der Waals surface area contributed by atoms with E-state index in [-0.39, 0.29) is 43.5 Å². The number of carboxylic acid groups (broad SMARTS) is 1. The fourth-order valence-corrected chi connectivity index (χ4v) is 4.52. The number of carboxylic acids is 1. The topological polar surface area (TPSA) is 147 Å². The molecule has 10 nitrogen and oxygen atoms in total. The smallest absolute Gasteiger partial charge is 0.550 e. The molecule has 1 unspecified atom stereocenters. The van der Waals surface area contributed by atoms with Crippen LogP contribution in [0.4, 0.5) is 4.79 Å². The molecule has 41 heavy (non-hydrogen) atoms. The zero-order valence-electron chi connectivity index (χ0n) is 26.6. The van der Waals surface area contributed by atoms with Crippen molar-refractivity contribution in [1.82, 2.24) is 5.32 Å². The van der Waals surface area contributed by atoms with E-state index < -0.39 is 47.7 Å². The molecule has 5 atom stereocenters. The first-order chi connectivity index (χ1) is 18.6. The number of ether oxygens (including phenoxy) is 4. The summed E-state index contributed by atoms with van der Waals surface area (Å²) in [6, 6.07) is 4.31. The summed E-state index contributed by atoms with van der Waals surface area (Å²) in [6.45, 7) is 13.5. The van der Waals surface area contributed by atoms with Gasteiger partial charge in [0, 0.05) is 32.0 Å². The number of hydrogen-bond donors (Lipinski definition) is 3. The number of carbonyl (C=O) groups is 2. The maximum Gasteiger partial charge on any atom is 1.00 e. The number of hydrogen-bond acceptors (Lipinski definition) is 9. The molecule has 0 spiro atoms. The van der Waals surface area contributed by atoms with Crippen LogP contribution in [0.25, 0.3) is 0 Å². The van der Waals surface area contributed by atoms with Crippen LogP contribution < -0.4 is 38.8 Å². The van der Waals surface area contributed by atoms with Crippen LogP contribution in [0, 0.1) is 23.7 Å². The van der Waals surface area contributed by atoms with Crippen molar-refractivity contribution in [1.29, 1.82) is 0 Å². The Hall–Kier alpha value is -1.96. The average Bonchev–Trinajstić information content (AvgIpc) is 2.85. The van der Waals surface area contributed by atoms with Crippen LogP contribution in [0.3, 0.4) is 0 Å². The second-order valence-electron chi connectivity index (χ2n) is 11.9. The Morgan fingerprint density at radius 2 is 1.61 bits per heavy atom. The van der Waals surface area contributed by atoms with E-state index >= 15 is 0 Å². The maximum atomic E-state index is 12.7. The van der Waals surface area contributed by atoms with E-state index in [2.05, 4.69) is 5.32 Å². The number of amides is 1. The van der Waals surface area contributed by atoms with Crippen LogP contribution in [0.5, 0.6) is 11.5 Å². The molecule has 0 aromatic heterocycles. The number of methoxy groups -OCH3 is 2. The summed E-state index contributed by atoms with van der Waals surface area (Å²) in [5, 5.41) is 37.1. The largest absolute Gasteiger partial charge is 1.00 e. The number of nitrogens with one attached hydrogen (secondary N) is 1. The van der Waals surface area contributed by atoms with Gasteiger partial charge in [0.15, 0.2) is 11.5 Å². The molecular weight excluding hydrogens is 525 g/mol. The Kier molecular flexibility index (Phi) is 17.7. The number of aliphatic carboxylic acids is 1. The molecular formula is C30H50LiNO9. The van der Waals surface area contributed by atoms with Crippen LogP contribution in [0.1, 0.15) is 79.4 Å². The summed E-state index contributed by atoms with van der Waals surface area (Å²) < 4.78 is 21.8. The molecule has 3 N–H and O–H groups in total. The molecule has 11 heteroatoms. The SMILES string of the molecule is COCCCOc1cc(C(O)[C@@H](C[C@H](NC(=O)OC(C)(C)C)[C@@H](O)C[C@H](C(=O)[O-])C(C)C)C(C)C)ccc1OC.[Li+]. The van der Waals surface area contributed by atoms with Gasteiger partial charge in [-0.15, -0.1) is 0 Å². The molecule has 0 heterocycles. The summed E-state index contributed by atoms with van der Waals surface area (Å²) in [5.41, 5.74) is -0.188. The number of benzene rings is 1. The van der Waals surface area contributed by atoms with Crippen molar-refractivity contribution in [2.24, 2.45) is 23.7 Å². The van der Waals surface area contributed by atoms with Crippen molar-refractivity contribution in [3.8, 4) is 11.5 Å². The predicted octanol–water partition coefficient (Wildman–Crippen LogP) is 0.477. The van der Waals surface area contributed by atoms with Gasteiger partial charge in [0.1, 0.15) is 5.60 Å². The minimum absolute atomic E-state index is 0. The summed E-state index contributed by atoms with van der Waals surface area (Å²) in [6.07, 6.45) is -2.22. The second kappa shape index (κ2) is 18.5. The van der Waals surface area contributed by atoms with Crippen molar-refractivity contribution in [2.45, 2.75) is 91.6 Å². The fourth-order valence-electron chi connectivity index (χ4n) is 4.52. The van der Waals surface area contributed by atoms with E-state index in [1.54, 1.807) is 59.9 Å². The van der Waals surface area contributed by atoms with Gasteiger partial charge in [-0.3, -0.25) is 0 Å². The molecule has 0 bridgehead atoms. The fraction of sp³-hybridized carbons (Fsp3) is 0.733. The molecule has 1 amide bonds. The summed E-state index contributed by atoms with van der Waals surface area (Å²) >= 11 is 0. The van der Waals surface area contributed by atoms with Crippen LogP contribution in [0.2, 0.25) is 0 Å². The van der Waals surface area contributed by atoms with E-state index in [0.29, 0.717) is 36.7 Å². The third-order valence-electron chi connectivity index (χ3n) is 6.84. The molecule has 0 fully saturated rings. The number of aliphatic hydroxyl groups excluding tert-OH is 2. The monoisotopic (exact) mass is 575 g/mol. The molecule has 230 valence electrons. The summed E-state index contributed by atoms with van der Waals surface area (Å²) in [5.74, 6) is -1.95. The Morgan fingerprint density at radius 3 is 2.10 bits per heavy atom. The molecule has 0 aliphatic rings. The van der Waals surface area contributed by atoms with Gasteiger partial charge < -0.3 is 44.4 Å². The van der Waals surface area contributed by atoms with Crippen molar-refractivity contribution < 1.29 is 62.7 Å². The minimum Gasteiger partial charge on any atom is -0.550 e. The van der Waals surface area contributed by atoms with Crippen molar-refractivity contribution >= 4 is 12.1 Å². The minimum atomic E-state index is -1.26. The molecule has 0 radical (unpaired) electrons. The number of carbonyl (C=O) groups excluding carboxylic acids is 2. The molecule has 1 aromatic rings. The summed E-state index contributed by atoms with van der Waals surface area (Å²) in [4.78, 5) is 24.4. The Balaban J connectivity index is 0.0000160. The first-order valence-electron chi connectivity index (χ1n) is 14.0. The van der Waals surface area contributed by atoms with Crippen LogP contribution in [0.15, 0.2) is 18.2 Å².